The first-order valence-electron chi connectivity index (χ1n) is 9.60. The van der Waals surface area contributed by atoms with Gasteiger partial charge in [0.2, 0.25) is 6.79 Å². The third-order valence-corrected chi connectivity index (χ3v) is 5.52. The first-order chi connectivity index (χ1) is 13.5. The number of carbonyl (C=O) groups is 1. The van der Waals surface area contributed by atoms with Gasteiger partial charge in [-0.3, -0.25) is 14.2 Å². The van der Waals surface area contributed by atoms with Crippen LogP contribution >= 0.6 is 0 Å². The third kappa shape index (κ3) is 3.49. The van der Waals surface area contributed by atoms with E-state index < -0.39 is 17.1 Å². The Bertz CT molecular complexity index is 960. The molecule has 0 bridgehead atoms. The Morgan fingerprint density at radius 2 is 1.93 bits per heavy atom. The molecule has 0 radical (unpaired) electrons. The van der Waals surface area contributed by atoms with Gasteiger partial charge in [-0.1, -0.05) is 19.3 Å². The maximum absolute atomic E-state index is 13.0. The number of aromatic nitrogens is 1. The second-order valence-electron chi connectivity index (χ2n) is 7.55. The van der Waals surface area contributed by atoms with Crippen molar-refractivity contribution in [2.75, 3.05) is 13.3 Å². The van der Waals surface area contributed by atoms with Gasteiger partial charge in [-0.15, -0.1) is 0 Å². The largest absolute Gasteiger partial charge is 0.454 e. The number of benzene rings is 1. The summed E-state index contributed by atoms with van der Waals surface area (Å²) in [5.41, 5.74) is -0.0247. The van der Waals surface area contributed by atoms with Crippen molar-refractivity contribution in [2.45, 2.75) is 44.6 Å². The van der Waals surface area contributed by atoms with Gasteiger partial charge in [-0.05, 0) is 43.5 Å². The predicted octanol–water partition coefficient (Wildman–Crippen LogP) is 2.30. The first-order valence-corrected chi connectivity index (χ1v) is 9.60. The number of fused-ring (bicyclic) bond motifs is 1. The predicted molar refractivity (Wildman–Crippen MR) is 103 cm³/mol. The summed E-state index contributed by atoms with van der Waals surface area (Å²) < 4.78 is 12.1. The van der Waals surface area contributed by atoms with Gasteiger partial charge < -0.3 is 19.9 Å². The van der Waals surface area contributed by atoms with E-state index >= 15 is 0 Å². The normalized spacial score (nSPS) is 17.4. The fourth-order valence-electron chi connectivity index (χ4n) is 3.86. The van der Waals surface area contributed by atoms with Gasteiger partial charge in [0.05, 0.1) is 11.3 Å². The Balaban J connectivity index is 1.60. The fourth-order valence-corrected chi connectivity index (χ4v) is 3.86. The standard InChI is InChI=1S/C21H24N2O5/c1-14-7-10-23(15-5-6-16-17(11-15)28-13-27-16)20(25)18(14)19(24)22-12-21(26)8-3-2-4-9-21/h5-7,10-11,26H,2-4,8-9,12-13H2,1H3,(H,22,24). The van der Waals surface area contributed by atoms with E-state index in [2.05, 4.69) is 5.32 Å². The molecule has 0 spiro atoms. The molecule has 148 valence electrons. The van der Waals surface area contributed by atoms with Gasteiger partial charge in [-0.2, -0.15) is 0 Å². The molecule has 2 aromatic rings. The van der Waals surface area contributed by atoms with Crippen molar-refractivity contribution in [1.29, 1.82) is 0 Å². The highest BCUT2D eigenvalue weighted by molar-refractivity contribution is 5.95. The lowest BCUT2D eigenvalue weighted by molar-refractivity contribution is 0.00523. The van der Waals surface area contributed by atoms with Crippen LogP contribution < -0.4 is 20.3 Å². The average molecular weight is 384 g/mol. The Morgan fingerprint density at radius 3 is 2.71 bits per heavy atom. The van der Waals surface area contributed by atoms with E-state index in [0.717, 1.165) is 19.3 Å². The number of nitrogens with one attached hydrogen (secondary N) is 1. The molecule has 1 fully saturated rings. The molecule has 4 rings (SSSR count). The van der Waals surface area contributed by atoms with Crippen molar-refractivity contribution in [1.82, 2.24) is 9.88 Å². The number of carbonyl (C=O) groups excluding carboxylic acids is 1. The molecule has 0 atom stereocenters. The third-order valence-electron chi connectivity index (χ3n) is 5.52. The van der Waals surface area contributed by atoms with E-state index in [4.69, 9.17) is 9.47 Å². The summed E-state index contributed by atoms with van der Waals surface area (Å²) in [4.78, 5) is 25.8. The Hall–Kier alpha value is -2.80. The van der Waals surface area contributed by atoms with Crippen LogP contribution in [0, 0.1) is 6.92 Å². The molecule has 0 saturated heterocycles. The van der Waals surface area contributed by atoms with Gasteiger partial charge in [0.15, 0.2) is 11.5 Å². The van der Waals surface area contributed by atoms with E-state index in [-0.39, 0.29) is 18.9 Å². The van der Waals surface area contributed by atoms with E-state index in [0.29, 0.717) is 35.6 Å². The van der Waals surface area contributed by atoms with Crippen molar-refractivity contribution in [3.8, 4) is 17.2 Å². The second-order valence-corrected chi connectivity index (χ2v) is 7.55. The summed E-state index contributed by atoms with van der Waals surface area (Å²) in [5, 5.41) is 13.4. The lowest BCUT2D eigenvalue weighted by atomic mass is 9.85. The van der Waals surface area contributed by atoms with Crippen molar-refractivity contribution < 1.29 is 19.4 Å². The molecule has 2 N–H and O–H groups in total. The molecule has 2 aliphatic rings. The number of ether oxygens (including phenoxy) is 2. The summed E-state index contributed by atoms with van der Waals surface area (Å²) in [7, 11) is 0. The number of aliphatic hydroxyl groups is 1. The van der Waals surface area contributed by atoms with E-state index in [9.17, 15) is 14.7 Å². The van der Waals surface area contributed by atoms with E-state index in [1.807, 2.05) is 0 Å². The van der Waals surface area contributed by atoms with Gasteiger partial charge in [0.25, 0.3) is 11.5 Å². The Kier molecular flexibility index (Phi) is 4.85. The molecule has 1 aromatic heterocycles. The zero-order valence-electron chi connectivity index (χ0n) is 15.9. The topological polar surface area (TPSA) is 89.8 Å². The average Bonchev–Trinajstić information content (AvgIpc) is 3.15. The minimum absolute atomic E-state index is 0.0829. The quantitative estimate of drug-likeness (QED) is 0.844. The summed E-state index contributed by atoms with van der Waals surface area (Å²) in [6, 6.07) is 6.93. The van der Waals surface area contributed by atoms with Crippen molar-refractivity contribution >= 4 is 5.91 Å². The van der Waals surface area contributed by atoms with Crippen molar-refractivity contribution in [2.24, 2.45) is 0 Å². The number of pyridine rings is 1. The highest BCUT2D eigenvalue weighted by atomic mass is 16.7. The summed E-state index contributed by atoms with van der Waals surface area (Å²) in [6.07, 6.45) is 5.99. The smallest absolute Gasteiger partial charge is 0.268 e. The molecule has 1 saturated carbocycles. The number of hydrogen-bond donors (Lipinski definition) is 2. The molecule has 1 aliphatic heterocycles. The molecule has 7 heteroatoms. The van der Waals surface area contributed by atoms with Crippen LogP contribution in [0.2, 0.25) is 0 Å². The second kappa shape index (κ2) is 7.31. The number of rotatable bonds is 4. The van der Waals surface area contributed by atoms with Crippen LogP contribution in [-0.4, -0.2) is 34.5 Å². The SMILES string of the molecule is Cc1ccn(-c2ccc3c(c2)OCO3)c(=O)c1C(=O)NCC1(O)CCCCC1. The van der Waals surface area contributed by atoms with Crippen molar-refractivity contribution in [3.63, 3.8) is 0 Å². The van der Waals surface area contributed by atoms with E-state index in [1.165, 1.54) is 4.57 Å². The zero-order valence-corrected chi connectivity index (χ0v) is 15.9. The van der Waals surface area contributed by atoms with Crippen LogP contribution in [-0.2, 0) is 0 Å². The zero-order chi connectivity index (χ0) is 19.7. The van der Waals surface area contributed by atoms with Crippen LogP contribution in [0.3, 0.4) is 0 Å². The molecule has 1 aromatic carbocycles. The van der Waals surface area contributed by atoms with Gasteiger partial charge in [-0.25, -0.2) is 0 Å². The summed E-state index contributed by atoms with van der Waals surface area (Å²) in [6.45, 7) is 2.04. The first kappa shape index (κ1) is 18.6. The maximum Gasteiger partial charge on any atom is 0.268 e. The minimum Gasteiger partial charge on any atom is -0.454 e. The van der Waals surface area contributed by atoms with Gasteiger partial charge in [0.1, 0.15) is 5.56 Å². The highest BCUT2D eigenvalue weighted by Gasteiger charge is 2.30. The molecule has 2 heterocycles. The van der Waals surface area contributed by atoms with Crippen LogP contribution in [0.15, 0.2) is 35.3 Å². The van der Waals surface area contributed by atoms with Crippen molar-refractivity contribution in [3.05, 3.63) is 51.9 Å². The van der Waals surface area contributed by atoms with Crippen LogP contribution in [0.1, 0.15) is 48.0 Å². The molecule has 0 unspecified atom stereocenters. The van der Waals surface area contributed by atoms with Crippen LogP contribution in [0.5, 0.6) is 11.5 Å². The molecule has 7 nitrogen and oxygen atoms in total. The molecule has 1 aliphatic carbocycles. The summed E-state index contributed by atoms with van der Waals surface area (Å²) in [5.74, 6) is 0.731. The molecule has 28 heavy (non-hydrogen) atoms. The number of amides is 1. The Labute approximate surface area is 162 Å². The number of hydrogen-bond acceptors (Lipinski definition) is 5. The molecular weight excluding hydrogens is 360 g/mol. The van der Waals surface area contributed by atoms with Crippen LogP contribution in [0.4, 0.5) is 0 Å². The maximum atomic E-state index is 13.0. The molecular formula is C21H24N2O5. The fraction of sp³-hybridized carbons (Fsp3) is 0.429. The lowest BCUT2D eigenvalue weighted by Crippen LogP contribution is -2.45. The minimum atomic E-state index is -0.882. The van der Waals surface area contributed by atoms with Gasteiger partial charge in [0, 0.05) is 18.8 Å². The van der Waals surface area contributed by atoms with Gasteiger partial charge >= 0.3 is 0 Å². The lowest BCUT2D eigenvalue weighted by Gasteiger charge is -2.32. The summed E-state index contributed by atoms with van der Waals surface area (Å²) >= 11 is 0. The molecule has 1 amide bonds. The Morgan fingerprint density at radius 1 is 1.18 bits per heavy atom. The van der Waals surface area contributed by atoms with E-state index in [1.54, 1.807) is 37.4 Å². The van der Waals surface area contributed by atoms with Crippen LogP contribution in [0.25, 0.3) is 5.69 Å². The highest BCUT2D eigenvalue weighted by Crippen LogP contribution is 2.33. The number of nitrogens with zero attached hydrogens (tertiary/aromatic N) is 1. The monoisotopic (exact) mass is 384 g/mol. The number of aryl methyl sites for hydroxylation is 1.